The van der Waals surface area contributed by atoms with Crippen LogP contribution in [0, 0.1) is 6.92 Å². The summed E-state index contributed by atoms with van der Waals surface area (Å²) in [5.41, 5.74) is 10.1. The van der Waals surface area contributed by atoms with Gasteiger partial charge in [0.15, 0.2) is 0 Å². The standard InChI is InChI=1S/C34H38N6O2/c1-22-11-13-24(14-12-22)40-31(20-29(39-40)33(2,3)4)38-32(41)37-27-15-16-28(26-10-8-7-9-25(26)27)42-21-34(5,6)23-17-18-36-30(35)19-23/h7-20H,21H2,1-6H3,(H2,35,36)(H2,37,38,41). The van der Waals surface area contributed by atoms with Crippen molar-refractivity contribution in [3.8, 4) is 11.4 Å². The summed E-state index contributed by atoms with van der Waals surface area (Å²) in [5, 5.41) is 12.6. The number of urea groups is 1. The number of hydrogen-bond donors (Lipinski definition) is 3. The fourth-order valence-electron chi connectivity index (χ4n) is 4.71. The third kappa shape index (κ3) is 6.22. The van der Waals surface area contributed by atoms with Gasteiger partial charge in [-0.1, -0.05) is 76.6 Å². The average molecular weight is 563 g/mol. The summed E-state index contributed by atoms with van der Waals surface area (Å²) >= 11 is 0. The summed E-state index contributed by atoms with van der Waals surface area (Å²) in [4.78, 5) is 17.4. The highest BCUT2D eigenvalue weighted by Crippen LogP contribution is 2.34. The van der Waals surface area contributed by atoms with E-state index in [4.69, 9.17) is 15.6 Å². The van der Waals surface area contributed by atoms with Crippen LogP contribution in [0.3, 0.4) is 0 Å². The van der Waals surface area contributed by atoms with E-state index >= 15 is 0 Å². The zero-order valence-corrected chi connectivity index (χ0v) is 25.0. The number of pyridine rings is 1. The number of aromatic nitrogens is 3. The third-order valence-electron chi connectivity index (χ3n) is 7.28. The predicted octanol–water partition coefficient (Wildman–Crippen LogP) is 7.61. The first-order valence-electron chi connectivity index (χ1n) is 14.0. The Balaban J connectivity index is 1.38. The van der Waals surface area contributed by atoms with Crippen LogP contribution in [0.5, 0.6) is 5.75 Å². The molecule has 0 saturated carbocycles. The largest absolute Gasteiger partial charge is 0.492 e. The van der Waals surface area contributed by atoms with Crippen molar-refractivity contribution in [1.29, 1.82) is 0 Å². The van der Waals surface area contributed by atoms with E-state index in [-0.39, 0.29) is 16.9 Å². The minimum absolute atomic E-state index is 0.187. The molecule has 2 aromatic heterocycles. The van der Waals surface area contributed by atoms with E-state index in [1.807, 2.05) is 85.8 Å². The number of ether oxygens (including phenoxy) is 1. The molecule has 0 fully saturated rings. The monoisotopic (exact) mass is 562 g/mol. The molecule has 0 radical (unpaired) electrons. The van der Waals surface area contributed by atoms with Gasteiger partial charge in [0.25, 0.3) is 0 Å². The second-order valence-electron chi connectivity index (χ2n) is 12.3. The number of aryl methyl sites for hydroxylation is 1. The van der Waals surface area contributed by atoms with Gasteiger partial charge < -0.3 is 15.8 Å². The van der Waals surface area contributed by atoms with Crippen LogP contribution in [-0.4, -0.2) is 27.4 Å². The molecule has 2 amide bonds. The minimum Gasteiger partial charge on any atom is -0.492 e. The van der Waals surface area contributed by atoms with Crippen LogP contribution in [0.4, 0.5) is 22.1 Å². The number of nitrogen functional groups attached to an aromatic ring is 1. The minimum atomic E-state index is -0.362. The van der Waals surface area contributed by atoms with Crippen LogP contribution in [0.2, 0.25) is 0 Å². The Morgan fingerprint density at radius 1 is 0.905 bits per heavy atom. The van der Waals surface area contributed by atoms with E-state index in [1.54, 1.807) is 10.9 Å². The Bertz CT molecular complexity index is 1730. The molecule has 3 aromatic carbocycles. The molecule has 2 heterocycles. The lowest BCUT2D eigenvalue weighted by Gasteiger charge is -2.26. The number of carbonyl (C=O) groups excluding carboxylic acids is 1. The van der Waals surface area contributed by atoms with E-state index < -0.39 is 0 Å². The number of nitrogens with zero attached hydrogens (tertiary/aromatic N) is 3. The molecule has 0 aliphatic rings. The number of carbonyl (C=O) groups is 1. The zero-order valence-electron chi connectivity index (χ0n) is 25.0. The Hall–Kier alpha value is -4.85. The lowest BCUT2D eigenvalue weighted by molar-refractivity contribution is 0.243. The van der Waals surface area contributed by atoms with Crippen LogP contribution >= 0.6 is 0 Å². The van der Waals surface area contributed by atoms with Crippen molar-refractivity contribution in [3.05, 3.63) is 102 Å². The number of benzene rings is 3. The van der Waals surface area contributed by atoms with E-state index in [9.17, 15) is 4.79 Å². The highest BCUT2D eigenvalue weighted by atomic mass is 16.5. The summed E-state index contributed by atoms with van der Waals surface area (Å²) in [6.07, 6.45) is 1.71. The number of rotatable bonds is 7. The van der Waals surface area contributed by atoms with E-state index in [1.165, 1.54) is 0 Å². The second-order valence-corrected chi connectivity index (χ2v) is 12.3. The predicted molar refractivity (Wildman–Crippen MR) is 171 cm³/mol. The molecule has 0 spiro atoms. The Morgan fingerprint density at radius 3 is 2.31 bits per heavy atom. The van der Waals surface area contributed by atoms with Gasteiger partial charge in [-0.05, 0) is 48.9 Å². The van der Waals surface area contributed by atoms with Gasteiger partial charge in [0, 0.05) is 33.9 Å². The number of nitrogens with one attached hydrogen (secondary N) is 2. The maximum Gasteiger partial charge on any atom is 0.324 e. The Kier molecular flexibility index (Phi) is 7.65. The molecule has 0 atom stereocenters. The van der Waals surface area contributed by atoms with Gasteiger partial charge in [-0.25, -0.2) is 14.5 Å². The third-order valence-corrected chi connectivity index (χ3v) is 7.28. The van der Waals surface area contributed by atoms with Crippen molar-refractivity contribution in [2.45, 2.75) is 52.4 Å². The first kappa shape index (κ1) is 28.7. The fourth-order valence-corrected chi connectivity index (χ4v) is 4.71. The van der Waals surface area contributed by atoms with Crippen molar-refractivity contribution >= 4 is 34.1 Å². The summed E-state index contributed by atoms with van der Waals surface area (Å²) in [5.74, 6) is 1.81. The summed E-state index contributed by atoms with van der Waals surface area (Å²) < 4.78 is 8.11. The van der Waals surface area contributed by atoms with Crippen molar-refractivity contribution in [1.82, 2.24) is 14.8 Å². The van der Waals surface area contributed by atoms with E-state index in [2.05, 4.69) is 50.2 Å². The molecule has 0 aliphatic heterocycles. The van der Waals surface area contributed by atoms with Crippen molar-refractivity contribution < 1.29 is 9.53 Å². The van der Waals surface area contributed by atoms with Crippen molar-refractivity contribution in [2.75, 3.05) is 23.0 Å². The molecular formula is C34H38N6O2. The molecule has 216 valence electrons. The van der Waals surface area contributed by atoms with Crippen molar-refractivity contribution in [2.24, 2.45) is 0 Å². The van der Waals surface area contributed by atoms with Crippen LogP contribution in [0.15, 0.2) is 85.1 Å². The normalized spacial score (nSPS) is 11.9. The first-order valence-corrected chi connectivity index (χ1v) is 14.0. The lowest BCUT2D eigenvalue weighted by Crippen LogP contribution is -2.26. The highest BCUT2D eigenvalue weighted by Gasteiger charge is 2.24. The van der Waals surface area contributed by atoms with Gasteiger partial charge in [-0.2, -0.15) is 5.10 Å². The number of hydrogen-bond acceptors (Lipinski definition) is 5. The molecule has 8 nitrogen and oxygen atoms in total. The van der Waals surface area contributed by atoms with Crippen LogP contribution in [-0.2, 0) is 10.8 Å². The molecule has 42 heavy (non-hydrogen) atoms. The Morgan fingerprint density at radius 2 is 1.62 bits per heavy atom. The van der Waals surface area contributed by atoms with Gasteiger partial charge in [-0.3, -0.25) is 5.32 Å². The first-order chi connectivity index (χ1) is 19.9. The van der Waals surface area contributed by atoms with E-state index in [0.717, 1.165) is 39.0 Å². The maximum atomic E-state index is 13.3. The molecule has 8 heteroatoms. The Labute approximate surface area is 246 Å². The van der Waals surface area contributed by atoms with Gasteiger partial charge in [-0.15, -0.1) is 0 Å². The molecular weight excluding hydrogens is 524 g/mol. The highest BCUT2D eigenvalue weighted by molar-refractivity contribution is 6.07. The van der Waals surface area contributed by atoms with Gasteiger partial charge >= 0.3 is 6.03 Å². The maximum absolute atomic E-state index is 13.3. The van der Waals surface area contributed by atoms with Gasteiger partial charge in [0.05, 0.1) is 23.7 Å². The second kappa shape index (κ2) is 11.2. The van der Waals surface area contributed by atoms with Gasteiger partial charge in [0.1, 0.15) is 17.4 Å². The molecule has 0 unspecified atom stereocenters. The van der Waals surface area contributed by atoms with Crippen molar-refractivity contribution in [3.63, 3.8) is 0 Å². The summed E-state index contributed by atoms with van der Waals surface area (Å²) in [7, 11) is 0. The fraction of sp³-hybridized carbons (Fsp3) is 0.265. The lowest BCUT2D eigenvalue weighted by atomic mass is 9.86. The van der Waals surface area contributed by atoms with Crippen LogP contribution < -0.4 is 21.1 Å². The quantitative estimate of drug-likeness (QED) is 0.189. The smallest absolute Gasteiger partial charge is 0.324 e. The summed E-state index contributed by atoms with van der Waals surface area (Å²) in [6, 6.07) is 25.1. The molecule has 0 bridgehead atoms. The SMILES string of the molecule is Cc1ccc(-n2nc(C(C)(C)C)cc2NC(=O)Nc2ccc(OCC(C)(C)c3ccnc(N)c3)c3ccccc23)cc1. The number of anilines is 3. The molecule has 0 aliphatic carbocycles. The van der Waals surface area contributed by atoms with E-state index in [0.29, 0.717) is 23.9 Å². The molecule has 0 saturated heterocycles. The van der Waals surface area contributed by atoms with Gasteiger partial charge in [0.2, 0.25) is 0 Å². The molecule has 4 N–H and O–H groups in total. The van der Waals surface area contributed by atoms with Crippen LogP contribution in [0.25, 0.3) is 16.5 Å². The number of nitrogens with two attached hydrogens (primary N) is 1. The number of amides is 2. The number of fused-ring (bicyclic) bond motifs is 1. The molecule has 5 aromatic rings. The van der Waals surface area contributed by atoms with Crippen LogP contribution in [0.1, 0.15) is 51.4 Å². The average Bonchev–Trinajstić information content (AvgIpc) is 3.37. The summed E-state index contributed by atoms with van der Waals surface area (Å²) in [6.45, 7) is 13.0. The molecule has 5 rings (SSSR count). The topological polar surface area (TPSA) is 107 Å². The zero-order chi connectivity index (χ0) is 30.1.